The topological polar surface area (TPSA) is 0 Å². The van der Waals surface area contributed by atoms with Gasteiger partial charge in [0.15, 0.2) is 0 Å². The van der Waals surface area contributed by atoms with Gasteiger partial charge in [-0.3, -0.25) is 0 Å². The second-order valence-corrected chi connectivity index (χ2v) is 19.8. The van der Waals surface area contributed by atoms with Gasteiger partial charge in [0.25, 0.3) is 0 Å². The van der Waals surface area contributed by atoms with Gasteiger partial charge < -0.3 is 0 Å². The summed E-state index contributed by atoms with van der Waals surface area (Å²) in [7, 11) is 4.14. The molecule has 2 heteroatoms. The third kappa shape index (κ3) is 9.29. The summed E-state index contributed by atoms with van der Waals surface area (Å²) in [6.45, 7) is 18.0. The first-order valence-electron chi connectivity index (χ1n) is 22.2. The smallest absolute Gasteiger partial charge is 0.0411 e. The van der Waals surface area contributed by atoms with Crippen molar-refractivity contribution in [3.05, 3.63) is 214 Å². The molecule has 0 heterocycles. The van der Waals surface area contributed by atoms with Crippen LogP contribution in [0.3, 0.4) is 0 Å². The molecule has 0 N–H and O–H groups in total. The van der Waals surface area contributed by atoms with Crippen molar-refractivity contribution in [2.45, 2.75) is 78.7 Å². The Labute approximate surface area is 379 Å². The number of benzene rings is 8. The van der Waals surface area contributed by atoms with Crippen molar-refractivity contribution in [1.82, 2.24) is 0 Å². The highest BCUT2D eigenvalue weighted by atomic mass is 33.1. The Hall–Kier alpha value is -5.54. The summed E-state index contributed by atoms with van der Waals surface area (Å²) in [6, 6.07) is 64.1. The zero-order chi connectivity index (χ0) is 43.3. The van der Waals surface area contributed by atoms with Crippen molar-refractivity contribution in [2.24, 2.45) is 0 Å². The SMILES string of the molecule is CC[C@@H](SS[C@H](CC)c1c(-c2cccc(C)c2)ccc(-c2cccc(C)c2)c1-c1cccc(C)c1)c1c(-c2cccc(C)c2)ccc(-c2cccc(C)c2)c1-c1cccc(C)c1. The van der Waals surface area contributed by atoms with Gasteiger partial charge >= 0.3 is 0 Å². The summed E-state index contributed by atoms with van der Waals surface area (Å²) in [4.78, 5) is 0. The van der Waals surface area contributed by atoms with Crippen LogP contribution in [-0.2, 0) is 0 Å². The van der Waals surface area contributed by atoms with Crippen molar-refractivity contribution in [1.29, 1.82) is 0 Å². The van der Waals surface area contributed by atoms with Crippen molar-refractivity contribution in [3.63, 3.8) is 0 Å². The molecule has 62 heavy (non-hydrogen) atoms. The highest BCUT2D eigenvalue weighted by molar-refractivity contribution is 8.76. The van der Waals surface area contributed by atoms with Crippen molar-refractivity contribution < 1.29 is 0 Å². The Morgan fingerprint density at radius 1 is 0.306 bits per heavy atom. The van der Waals surface area contributed by atoms with E-state index in [2.05, 4.69) is 247 Å². The monoisotopic (exact) mass is 842 g/mol. The van der Waals surface area contributed by atoms with Crippen LogP contribution in [0, 0.1) is 41.5 Å². The van der Waals surface area contributed by atoms with Crippen LogP contribution in [0.4, 0.5) is 0 Å². The molecular formula is C60H58S2. The van der Waals surface area contributed by atoms with Crippen molar-refractivity contribution in [3.8, 4) is 66.8 Å². The fourth-order valence-electron chi connectivity index (χ4n) is 9.14. The summed E-state index contributed by atoms with van der Waals surface area (Å²) < 4.78 is 0. The van der Waals surface area contributed by atoms with Crippen LogP contribution in [0.15, 0.2) is 170 Å². The molecule has 0 fully saturated rings. The fraction of sp³-hybridized carbons (Fsp3) is 0.200. The lowest BCUT2D eigenvalue weighted by atomic mass is 9.83. The Kier molecular flexibility index (Phi) is 13.4. The van der Waals surface area contributed by atoms with E-state index in [1.807, 2.05) is 0 Å². The Bertz CT molecular complexity index is 2670. The van der Waals surface area contributed by atoms with E-state index in [0.717, 1.165) is 12.8 Å². The van der Waals surface area contributed by atoms with E-state index < -0.39 is 0 Å². The average Bonchev–Trinajstić information content (AvgIpc) is 3.27. The van der Waals surface area contributed by atoms with Crippen LogP contribution < -0.4 is 0 Å². The number of hydrogen-bond donors (Lipinski definition) is 0. The second-order valence-electron chi connectivity index (χ2n) is 17.1. The van der Waals surface area contributed by atoms with E-state index in [1.165, 1.54) is 111 Å². The molecule has 0 unspecified atom stereocenters. The molecule has 0 amide bonds. The third-order valence-electron chi connectivity index (χ3n) is 12.1. The summed E-state index contributed by atoms with van der Waals surface area (Å²) in [5.41, 5.74) is 26.0. The minimum Gasteiger partial charge on any atom is -0.0852 e. The van der Waals surface area contributed by atoms with Gasteiger partial charge in [-0.25, -0.2) is 0 Å². The Balaban J connectivity index is 1.35. The minimum atomic E-state index is 0.203. The summed E-state index contributed by atoms with van der Waals surface area (Å²) in [6.07, 6.45) is 1.98. The minimum absolute atomic E-state index is 0.203. The predicted molar refractivity (Wildman–Crippen MR) is 275 cm³/mol. The highest BCUT2D eigenvalue weighted by Crippen LogP contribution is 2.57. The van der Waals surface area contributed by atoms with Gasteiger partial charge in [-0.2, -0.15) is 0 Å². The number of aryl methyl sites for hydroxylation is 6. The molecule has 0 aliphatic rings. The van der Waals surface area contributed by atoms with Crippen LogP contribution in [0.25, 0.3) is 66.8 Å². The molecule has 310 valence electrons. The number of hydrogen-bond acceptors (Lipinski definition) is 2. The van der Waals surface area contributed by atoms with Crippen LogP contribution in [-0.4, -0.2) is 0 Å². The van der Waals surface area contributed by atoms with E-state index in [9.17, 15) is 0 Å². The van der Waals surface area contributed by atoms with Crippen molar-refractivity contribution in [2.75, 3.05) is 0 Å². The molecule has 0 aromatic heterocycles. The van der Waals surface area contributed by atoms with E-state index in [-0.39, 0.29) is 10.5 Å². The molecule has 0 radical (unpaired) electrons. The zero-order valence-electron chi connectivity index (χ0n) is 37.6. The third-order valence-corrected chi connectivity index (χ3v) is 15.5. The van der Waals surface area contributed by atoms with Gasteiger partial charge in [0.1, 0.15) is 0 Å². The first-order chi connectivity index (χ1) is 30.1. The molecule has 0 aliphatic carbocycles. The van der Waals surface area contributed by atoms with Crippen LogP contribution in [0.2, 0.25) is 0 Å². The standard InChI is InChI=1S/C60H58S2/c1-9-55(59-53(47-25-13-19-41(5)35-47)31-29-51(45-23-11-17-39(3)33-45)57(59)49-27-15-21-43(7)37-49)61-62-56(10-2)60-54(48-26-14-20-42(6)36-48)32-30-52(46-24-12-18-40(4)34-46)58(60)50-28-16-22-44(8)38-50/h11-38,55-56H,9-10H2,1-8H3/t55-,56-/m1/s1. The quantitative estimate of drug-likeness (QED) is 0.106. The molecule has 2 atom stereocenters. The normalized spacial score (nSPS) is 12.3. The van der Waals surface area contributed by atoms with Gasteiger partial charge in [0.05, 0.1) is 0 Å². The zero-order valence-corrected chi connectivity index (χ0v) is 39.2. The van der Waals surface area contributed by atoms with Gasteiger partial charge in [0, 0.05) is 10.5 Å². The van der Waals surface area contributed by atoms with Gasteiger partial charge in [-0.05, 0) is 132 Å². The fourth-order valence-corrected chi connectivity index (χ4v) is 12.6. The molecule has 8 aromatic carbocycles. The van der Waals surface area contributed by atoms with Crippen LogP contribution in [0.5, 0.6) is 0 Å². The summed E-state index contributed by atoms with van der Waals surface area (Å²) in [5.74, 6) is 0. The Morgan fingerprint density at radius 2 is 0.548 bits per heavy atom. The largest absolute Gasteiger partial charge is 0.0852 e. The molecule has 8 aromatic rings. The maximum atomic E-state index is 2.41. The molecule has 0 bridgehead atoms. The highest BCUT2D eigenvalue weighted by Gasteiger charge is 2.29. The molecule has 0 saturated carbocycles. The maximum absolute atomic E-state index is 2.41. The molecular weight excluding hydrogens is 785 g/mol. The van der Waals surface area contributed by atoms with Gasteiger partial charge in [0.2, 0.25) is 0 Å². The van der Waals surface area contributed by atoms with E-state index in [4.69, 9.17) is 0 Å². The summed E-state index contributed by atoms with van der Waals surface area (Å²) in [5, 5.41) is 0.407. The molecule has 0 nitrogen and oxygen atoms in total. The van der Waals surface area contributed by atoms with E-state index in [1.54, 1.807) is 0 Å². The van der Waals surface area contributed by atoms with Gasteiger partial charge in [-0.15, -0.1) is 0 Å². The lowest BCUT2D eigenvalue weighted by molar-refractivity contribution is 0.897. The molecule has 8 rings (SSSR count). The first-order valence-corrected chi connectivity index (χ1v) is 24.5. The molecule has 0 aliphatic heterocycles. The average molecular weight is 843 g/mol. The van der Waals surface area contributed by atoms with Crippen LogP contribution >= 0.6 is 21.6 Å². The number of rotatable bonds is 13. The van der Waals surface area contributed by atoms with Crippen LogP contribution in [0.1, 0.15) is 81.7 Å². The molecule has 0 spiro atoms. The van der Waals surface area contributed by atoms with E-state index in [0.29, 0.717) is 0 Å². The van der Waals surface area contributed by atoms with Crippen molar-refractivity contribution >= 4 is 21.6 Å². The lowest BCUT2D eigenvalue weighted by Crippen LogP contribution is -2.04. The second kappa shape index (κ2) is 19.2. The maximum Gasteiger partial charge on any atom is 0.0411 e. The summed E-state index contributed by atoms with van der Waals surface area (Å²) >= 11 is 0. The van der Waals surface area contributed by atoms with Gasteiger partial charge in [-0.1, -0.05) is 239 Å². The lowest BCUT2D eigenvalue weighted by Gasteiger charge is -2.29. The predicted octanol–water partition coefficient (Wildman–Crippen LogP) is 18.5. The first kappa shape index (κ1) is 43.1. The van der Waals surface area contributed by atoms with E-state index >= 15 is 0 Å². The Morgan fingerprint density at radius 3 is 0.823 bits per heavy atom. The molecule has 0 saturated heterocycles.